The van der Waals surface area contributed by atoms with Crippen LogP contribution in [0.4, 0.5) is 0 Å². The molecule has 0 bridgehead atoms. The van der Waals surface area contributed by atoms with Gasteiger partial charge < -0.3 is 0 Å². The van der Waals surface area contributed by atoms with Gasteiger partial charge in [0.25, 0.3) is 0 Å². The summed E-state index contributed by atoms with van der Waals surface area (Å²) in [6.45, 7) is 0. The fraction of sp³-hybridized carbons (Fsp3) is 0. The molecule has 420 valence electrons. The maximum absolute atomic E-state index is 4.38. The molecule has 0 aliphatic carbocycles. The van der Waals surface area contributed by atoms with E-state index in [0.717, 1.165) is 132 Å². The van der Waals surface area contributed by atoms with Crippen LogP contribution in [0.25, 0.3) is 66.4 Å². The predicted molar refractivity (Wildman–Crippen MR) is 377 cm³/mol. The molecule has 15 aromatic rings. The summed E-state index contributed by atoms with van der Waals surface area (Å²) in [4.78, 5) is 0. The van der Waals surface area contributed by atoms with Crippen molar-refractivity contribution in [3.8, 4) is 0 Å². The normalized spacial score (nSPS) is 11.0. The minimum atomic E-state index is 0.977. The molecule has 0 saturated carbocycles. The SMILES string of the molecule is C(=C(c1ccccc1)c1ccccc1)=c1c(=C=C(c2ccccc2)c2ccccc2)c2c(=C(c3ccccc3)c3ccccc3)c3c(=C(c4ccccc4)c4ccccc4)c(=C(c4ccccc4)c4ccccc4)c3c(=C(c3ccccc3)c3ccccc3)c12. The molecule has 0 amide bonds. The molecule has 0 aliphatic rings. The molecule has 0 aliphatic heterocycles. The molecule has 0 radical (unpaired) electrons. The minimum absolute atomic E-state index is 0.977. The summed E-state index contributed by atoms with van der Waals surface area (Å²) < 4.78 is 0. The van der Waals surface area contributed by atoms with Crippen molar-refractivity contribution < 1.29 is 0 Å². The van der Waals surface area contributed by atoms with Crippen LogP contribution in [0, 0.1) is 0 Å². The number of hydrogen-bond donors (Lipinski definition) is 0. The van der Waals surface area contributed by atoms with Gasteiger partial charge in [0, 0.05) is 53.6 Å². The Morgan fingerprint density at radius 1 is 0.144 bits per heavy atom. The van der Waals surface area contributed by atoms with E-state index in [-0.39, 0.29) is 0 Å². The fourth-order valence-electron chi connectivity index (χ4n) is 13.3. The van der Waals surface area contributed by atoms with Gasteiger partial charge in [0.2, 0.25) is 0 Å². The highest BCUT2D eigenvalue weighted by atomic mass is 14.3. The number of benzene rings is 13. The first-order chi connectivity index (χ1) is 44.8. The van der Waals surface area contributed by atoms with Crippen molar-refractivity contribution in [3.05, 3.63) is 462 Å². The van der Waals surface area contributed by atoms with Crippen molar-refractivity contribution >= 4 is 66.4 Å². The third-order valence-electron chi connectivity index (χ3n) is 17.2. The zero-order chi connectivity index (χ0) is 60.0. The van der Waals surface area contributed by atoms with Gasteiger partial charge in [-0.25, -0.2) is 0 Å². The van der Waals surface area contributed by atoms with Crippen molar-refractivity contribution in [1.29, 1.82) is 0 Å². The van der Waals surface area contributed by atoms with E-state index in [1.807, 2.05) is 0 Å². The Labute approximate surface area is 525 Å². The summed E-state index contributed by atoms with van der Waals surface area (Å²) in [6.07, 6.45) is 0. The molecular weight excluding hydrogens is 1080 g/mol. The van der Waals surface area contributed by atoms with E-state index in [4.69, 9.17) is 0 Å². The Hall–Kier alpha value is -11.9. The molecule has 0 unspecified atom stereocenters. The van der Waals surface area contributed by atoms with Crippen LogP contribution in [0.15, 0.2) is 364 Å². The summed E-state index contributed by atoms with van der Waals surface area (Å²) >= 11 is 0. The maximum atomic E-state index is 4.38. The van der Waals surface area contributed by atoms with Gasteiger partial charge in [-0.2, -0.15) is 0 Å². The molecule has 90 heavy (non-hydrogen) atoms. The highest BCUT2D eigenvalue weighted by Gasteiger charge is 2.29. The van der Waals surface area contributed by atoms with Crippen LogP contribution in [-0.4, -0.2) is 0 Å². The second kappa shape index (κ2) is 24.8. The highest BCUT2D eigenvalue weighted by molar-refractivity contribution is 6.15. The third kappa shape index (κ3) is 10.3. The van der Waals surface area contributed by atoms with Gasteiger partial charge in [0.15, 0.2) is 0 Å². The molecule has 15 aromatic carbocycles. The van der Waals surface area contributed by atoms with Gasteiger partial charge in [0.05, 0.1) is 0 Å². The minimum Gasteiger partial charge on any atom is -0.102 e. The lowest BCUT2D eigenvalue weighted by atomic mass is 9.76. The van der Waals surface area contributed by atoms with Crippen LogP contribution in [0.2, 0.25) is 0 Å². The highest BCUT2D eigenvalue weighted by Crippen LogP contribution is 2.32. The Morgan fingerprint density at radius 3 is 0.456 bits per heavy atom. The molecule has 0 saturated heterocycles. The monoisotopic (exact) mass is 1140 g/mol. The zero-order valence-corrected chi connectivity index (χ0v) is 49.6. The average Bonchev–Trinajstić information content (AvgIpc) is 0.663. The van der Waals surface area contributed by atoms with Gasteiger partial charge in [-0.15, -0.1) is 11.5 Å². The summed E-state index contributed by atoms with van der Waals surface area (Å²) in [5, 5.41) is 11.1. The summed E-state index contributed by atoms with van der Waals surface area (Å²) in [7, 11) is 0. The summed E-state index contributed by atoms with van der Waals surface area (Å²) in [5.74, 6) is 0. The molecule has 0 aromatic heterocycles. The van der Waals surface area contributed by atoms with Crippen LogP contribution in [0.1, 0.15) is 66.8 Å². The molecule has 0 heteroatoms. The van der Waals surface area contributed by atoms with Crippen molar-refractivity contribution in [2.45, 2.75) is 0 Å². The molecule has 0 fully saturated rings. The summed E-state index contributed by atoms with van der Waals surface area (Å²) in [6, 6.07) is 132. The Morgan fingerprint density at radius 2 is 0.289 bits per heavy atom. The van der Waals surface area contributed by atoms with Crippen LogP contribution >= 0.6 is 0 Å². The zero-order valence-electron chi connectivity index (χ0n) is 49.6. The summed E-state index contributed by atoms with van der Waals surface area (Å²) in [5.41, 5.74) is 28.5. The number of fused-ring (bicyclic) bond motifs is 2. The van der Waals surface area contributed by atoms with Crippen LogP contribution < -0.4 is 31.3 Å². The first kappa shape index (κ1) is 54.8. The van der Waals surface area contributed by atoms with E-state index in [1.165, 1.54) is 21.2 Å². The first-order valence-electron chi connectivity index (χ1n) is 30.9. The predicted octanol–water partition coefficient (Wildman–Crippen LogP) is 16.9. The smallest absolute Gasteiger partial charge is 0.0413 e. The molecule has 0 atom stereocenters. The number of rotatable bonds is 12. The van der Waals surface area contributed by atoms with Crippen molar-refractivity contribution in [3.63, 3.8) is 0 Å². The molecule has 0 nitrogen and oxygen atoms in total. The molecule has 0 N–H and O–H groups in total. The van der Waals surface area contributed by atoms with Gasteiger partial charge in [0.1, 0.15) is 0 Å². The maximum Gasteiger partial charge on any atom is 0.0413 e. The number of hydrogen-bond acceptors (Lipinski definition) is 0. The van der Waals surface area contributed by atoms with E-state index in [2.05, 4.69) is 375 Å². The van der Waals surface area contributed by atoms with Crippen LogP contribution in [0.5, 0.6) is 0 Å². The van der Waals surface area contributed by atoms with Gasteiger partial charge in [-0.1, -0.05) is 364 Å². The Kier molecular flexibility index (Phi) is 15.1. The van der Waals surface area contributed by atoms with Gasteiger partial charge in [-0.3, -0.25) is 0 Å². The standard InChI is InChI=1S/C90H60/c1-13-37-63(38-14-1)75(64-39-15-2-16-40-64)61-77-78(62-76(65-41-17-3-18-42-65)66-43-19-4-20-44-66)84-83(77)85(79(67-45-21-5-22-46-67)68-47-23-6-24-48-68)89-87(81(71-53-29-9-30-54-71)72-55-31-10-32-56-72)88(82(73-57-33-11-34-58-73)74-59-35-12-36-60-74)90(89)86(84)80(69-49-25-7-26-50-69)70-51-27-8-28-52-70/h1-60H. The lowest BCUT2D eigenvalue weighted by Crippen LogP contribution is -2.51. The lowest BCUT2D eigenvalue weighted by molar-refractivity contribution is 1.39. The van der Waals surface area contributed by atoms with Crippen molar-refractivity contribution in [2.24, 2.45) is 0 Å². The molecular formula is C90H60. The molecule has 0 heterocycles. The van der Waals surface area contributed by atoms with E-state index >= 15 is 0 Å². The topological polar surface area (TPSA) is 0 Å². The van der Waals surface area contributed by atoms with Crippen molar-refractivity contribution in [1.82, 2.24) is 0 Å². The fourth-order valence-corrected chi connectivity index (χ4v) is 13.3. The van der Waals surface area contributed by atoms with E-state index in [0.29, 0.717) is 0 Å². The van der Waals surface area contributed by atoms with E-state index < -0.39 is 0 Å². The van der Waals surface area contributed by atoms with E-state index in [9.17, 15) is 0 Å². The van der Waals surface area contributed by atoms with Crippen LogP contribution in [0.3, 0.4) is 0 Å². The van der Waals surface area contributed by atoms with Crippen molar-refractivity contribution in [2.75, 3.05) is 0 Å². The van der Waals surface area contributed by atoms with Gasteiger partial charge >= 0.3 is 0 Å². The lowest BCUT2D eigenvalue weighted by Gasteiger charge is -2.26. The Balaban J connectivity index is 1.43. The molecule has 15 rings (SSSR count). The second-order valence-electron chi connectivity index (χ2n) is 22.6. The Bertz CT molecular complexity index is 4870. The first-order valence-corrected chi connectivity index (χ1v) is 30.9. The van der Waals surface area contributed by atoms with Gasteiger partial charge in [-0.05, 0) is 99.5 Å². The largest absolute Gasteiger partial charge is 0.102 e. The average molecular weight is 1140 g/mol. The van der Waals surface area contributed by atoms with Crippen LogP contribution in [-0.2, 0) is 0 Å². The second-order valence-corrected chi connectivity index (χ2v) is 22.6. The van der Waals surface area contributed by atoms with E-state index in [1.54, 1.807) is 0 Å². The molecule has 0 spiro atoms. The third-order valence-corrected chi connectivity index (χ3v) is 17.2. The quantitative estimate of drug-likeness (QED) is 0.114.